The van der Waals surface area contributed by atoms with Crippen molar-refractivity contribution in [2.24, 2.45) is 0 Å². The Hall–Kier alpha value is 1.83. The van der Waals surface area contributed by atoms with Crippen molar-refractivity contribution in [3.8, 4) is 0 Å². The molecular weight excluding hydrogens is 362 g/mol. The van der Waals surface area contributed by atoms with Gasteiger partial charge in [-0.3, -0.25) is 4.18 Å². The van der Waals surface area contributed by atoms with Gasteiger partial charge in [-0.15, -0.1) is 0 Å². The van der Waals surface area contributed by atoms with Gasteiger partial charge in [0, 0.05) is 6.42 Å². The SMILES string of the molecule is CCCCCCCCCCCCOS(=O)(=O)CCC(O)(O)CC.[NaH].[NaH]. The quantitative estimate of drug-likeness (QED) is 0.180. The molecule has 0 aliphatic heterocycles. The van der Waals surface area contributed by atoms with E-state index in [2.05, 4.69) is 6.92 Å². The molecule has 0 aromatic carbocycles. The summed E-state index contributed by atoms with van der Waals surface area (Å²) in [5, 5.41) is 18.8. The second kappa shape index (κ2) is 19.2. The van der Waals surface area contributed by atoms with E-state index in [1.807, 2.05) is 0 Å². The summed E-state index contributed by atoms with van der Waals surface area (Å²) in [5.74, 6) is -2.28. The van der Waals surface area contributed by atoms with Gasteiger partial charge in [-0.25, -0.2) is 0 Å². The Morgan fingerprint density at radius 2 is 1.24 bits per heavy atom. The predicted octanol–water partition coefficient (Wildman–Crippen LogP) is 2.44. The number of rotatable bonds is 16. The average molecular weight is 401 g/mol. The van der Waals surface area contributed by atoms with Gasteiger partial charge in [0.15, 0.2) is 5.79 Å². The Morgan fingerprint density at radius 1 is 0.800 bits per heavy atom. The normalized spacial score (nSPS) is 11.7. The zero-order chi connectivity index (χ0) is 17.6. The number of hydrogen-bond donors (Lipinski definition) is 2. The van der Waals surface area contributed by atoms with Gasteiger partial charge >= 0.3 is 59.1 Å². The van der Waals surface area contributed by atoms with E-state index in [-0.39, 0.29) is 84.3 Å². The van der Waals surface area contributed by atoms with Crippen molar-refractivity contribution in [1.29, 1.82) is 0 Å². The van der Waals surface area contributed by atoms with Crippen LogP contribution < -0.4 is 0 Å². The molecule has 0 amide bonds. The molecule has 0 aliphatic rings. The summed E-state index contributed by atoms with van der Waals surface area (Å²) >= 11 is 0. The van der Waals surface area contributed by atoms with Gasteiger partial charge < -0.3 is 10.2 Å². The summed E-state index contributed by atoms with van der Waals surface area (Å²) in [7, 11) is -3.66. The first kappa shape index (κ1) is 31.5. The second-order valence-electron chi connectivity index (χ2n) is 6.35. The molecule has 0 rings (SSSR count). The fourth-order valence-electron chi connectivity index (χ4n) is 2.30. The van der Waals surface area contributed by atoms with Crippen LogP contribution >= 0.6 is 0 Å². The fourth-order valence-corrected chi connectivity index (χ4v) is 3.37. The molecule has 0 saturated heterocycles. The Morgan fingerprint density at radius 3 is 1.68 bits per heavy atom. The molecule has 0 atom stereocenters. The van der Waals surface area contributed by atoms with Crippen molar-refractivity contribution in [2.45, 2.75) is 96.7 Å². The number of hydrogen-bond acceptors (Lipinski definition) is 5. The van der Waals surface area contributed by atoms with Crippen LogP contribution in [0.3, 0.4) is 0 Å². The standard InChI is InChI=1S/C17H36O5S.2Na.2H/c1-3-5-6-7-8-9-10-11-12-13-15-22-23(20,21)16-14-17(18,19)4-2;;;;/h18-19H,3-16H2,1-2H3;;;;. The second-order valence-corrected chi connectivity index (χ2v) is 8.11. The summed E-state index contributed by atoms with van der Waals surface area (Å²) in [6.07, 6.45) is 11.7. The molecular formula is C17H38Na2O5S. The third-order valence-corrected chi connectivity index (χ3v) is 5.31. The molecule has 0 spiro atoms. The first-order chi connectivity index (χ1) is 10.8. The number of unbranched alkanes of at least 4 members (excludes halogenated alkanes) is 9. The third-order valence-electron chi connectivity index (χ3n) is 4.08. The molecule has 0 unspecified atom stereocenters. The van der Waals surface area contributed by atoms with Crippen molar-refractivity contribution in [3.63, 3.8) is 0 Å². The van der Waals surface area contributed by atoms with Gasteiger partial charge in [-0.05, 0) is 12.8 Å². The van der Waals surface area contributed by atoms with Gasteiger partial charge in [-0.2, -0.15) is 8.42 Å². The van der Waals surface area contributed by atoms with Crippen LogP contribution in [0.15, 0.2) is 0 Å². The molecule has 144 valence electrons. The number of aliphatic hydroxyl groups is 2. The van der Waals surface area contributed by atoms with E-state index >= 15 is 0 Å². The van der Waals surface area contributed by atoms with Crippen molar-refractivity contribution >= 4 is 69.2 Å². The minimum atomic E-state index is -3.66. The van der Waals surface area contributed by atoms with Gasteiger partial charge in [0.25, 0.3) is 10.1 Å². The predicted molar refractivity (Wildman–Crippen MR) is 108 cm³/mol. The maximum absolute atomic E-state index is 11.6. The van der Waals surface area contributed by atoms with Crippen LogP contribution in [0.2, 0.25) is 0 Å². The third kappa shape index (κ3) is 22.0. The summed E-state index contributed by atoms with van der Waals surface area (Å²) in [6, 6.07) is 0. The molecule has 2 N–H and O–H groups in total. The van der Waals surface area contributed by atoms with E-state index in [0.29, 0.717) is 0 Å². The van der Waals surface area contributed by atoms with E-state index in [1.165, 1.54) is 44.9 Å². The van der Waals surface area contributed by atoms with Gasteiger partial charge in [0.1, 0.15) is 0 Å². The first-order valence-electron chi connectivity index (χ1n) is 9.15. The van der Waals surface area contributed by atoms with Crippen molar-refractivity contribution in [2.75, 3.05) is 12.4 Å². The van der Waals surface area contributed by atoms with E-state index in [1.54, 1.807) is 6.92 Å². The van der Waals surface area contributed by atoms with Gasteiger partial charge in [-0.1, -0.05) is 71.6 Å². The monoisotopic (exact) mass is 400 g/mol. The van der Waals surface area contributed by atoms with Crippen LogP contribution in [0.1, 0.15) is 90.9 Å². The fraction of sp³-hybridized carbons (Fsp3) is 1.00. The Balaban J connectivity index is -0.00000242. The summed E-state index contributed by atoms with van der Waals surface area (Å²) in [4.78, 5) is 0. The Bertz CT molecular complexity index is 375. The van der Waals surface area contributed by atoms with Crippen molar-refractivity contribution in [3.05, 3.63) is 0 Å². The molecule has 0 saturated carbocycles. The maximum atomic E-state index is 11.6. The van der Waals surface area contributed by atoms with Crippen LogP contribution in [0.4, 0.5) is 0 Å². The summed E-state index contributed by atoms with van der Waals surface area (Å²) < 4.78 is 28.1. The van der Waals surface area contributed by atoms with Crippen LogP contribution in [-0.4, -0.2) is 95.9 Å². The van der Waals surface area contributed by atoms with Crippen LogP contribution in [-0.2, 0) is 14.3 Å². The van der Waals surface area contributed by atoms with Crippen LogP contribution in [0, 0.1) is 0 Å². The first-order valence-corrected chi connectivity index (χ1v) is 10.7. The van der Waals surface area contributed by atoms with Crippen LogP contribution in [0.5, 0.6) is 0 Å². The van der Waals surface area contributed by atoms with E-state index in [9.17, 15) is 18.6 Å². The van der Waals surface area contributed by atoms with Gasteiger partial charge in [0.2, 0.25) is 0 Å². The van der Waals surface area contributed by atoms with E-state index in [0.717, 1.165) is 19.3 Å². The van der Waals surface area contributed by atoms with Crippen molar-refractivity contribution < 1.29 is 22.8 Å². The zero-order valence-corrected chi connectivity index (χ0v) is 15.7. The Labute approximate surface area is 199 Å². The molecule has 0 radical (unpaired) electrons. The van der Waals surface area contributed by atoms with Crippen molar-refractivity contribution in [1.82, 2.24) is 0 Å². The molecule has 0 heterocycles. The molecule has 8 heteroatoms. The molecule has 0 aromatic heterocycles. The molecule has 5 nitrogen and oxygen atoms in total. The summed E-state index contributed by atoms with van der Waals surface area (Å²) in [5.41, 5.74) is 0. The molecule has 0 fully saturated rings. The van der Waals surface area contributed by atoms with E-state index < -0.39 is 15.9 Å². The molecule has 0 bridgehead atoms. The molecule has 25 heavy (non-hydrogen) atoms. The van der Waals surface area contributed by atoms with E-state index in [4.69, 9.17) is 4.18 Å². The van der Waals surface area contributed by atoms with Gasteiger partial charge in [0.05, 0.1) is 12.4 Å². The Kier molecular flexibility index (Phi) is 24.2. The van der Waals surface area contributed by atoms with Crippen LogP contribution in [0.25, 0.3) is 0 Å². The zero-order valence-electron chi connectivity index (χ0n) is 14.9. The molecule has 0 aromatic rings. The topological polar surface area (TPSA) is 83.8 Å². The molecule has 0 aliphatic carbocycles. The minimum absolute atomic E-state index is 0. The summed E-state index contributed by atoms with van der Waals surface area (Å²) in [6.45, 7) is 4.00. The average Bonchev–Trinajstić information content (AvgIpc) is 2.51.